The molecule has 3 rings (SSSR count). The average Bonchev–Trinajstić information content (AvgIpc) is 2.92. The fourth-order valence-electron chi connectivity index (χ4n) is 2.84. The summed E-state index contributed by atoms with van der Waals surface area (Å²) in [6.45, 7) is 4.23. The molecule has 0 aliphatic rings. The van der Waals surface area contributed by atoms with Gasteiger partial charge in [0.1, 0.15) is 12.4 Å². The number of rotatable bonds is 4. The smallest absolute Gasteiger partial charge is 0.136 e. The second-order valence-electron chi connectivity index (χ2n) is 5.32. The van der Waals surface area contributed by atoms with Gasteiger partial charge in [0.25, 0.3) is 0 Å². The lowest BCUT2D eigenvalue weighted by atomic mass is 10.1. The van der Waals surface area contributed by atoms with Gasteiger partial charge in [-0.2, -0.15) is 0 Å². The summed E-state index contributed by atoms with van der Waals surface area (Å²) < 4.78 is 2.13. The summed E-state index contributed by atoms with van der Waals surface area (Å²) in [4.78, 5) is 4.60. The molecule has 0 aliphatic carbocycles. The zero-order chi connectivity index (χ0) is 14.8. The van der Waals surface area contributed by atoms with Crippen LogP contribution in [0.2, 0.25) is 0 Å². The maximum atomic E-state index is 9.66. The van der Waals surface area contributed by atoms with Crippen molar-refractivity contribution >= 4 is 11.0 Å². The van der Waals surface area contributed by atoms with Crippen LogP contribution in [-0.2, 0) is 13.0 Å². The summed E-state index contributed by atoms with van der Waals surface area (Å²) in [7, 11) is 0. The number of benzene rings is 2. The van der Waals surface area contributed by atoms with Crippen LogP contribution in [0.4, 0.5) is 0 Å². The molecule has 0 amide bonds. The van der Waals surface area contributed by atoms with Gasteiger partial charge in [-0.05, 0) is 36.6 Å². The van der Waals surface area contributed by atoms with Gasteiger partial charge in [0.15, 0.2) is 0 Å². The SMILES string of the molecule is CCc1ccc2c(c1)nc(CO)n2C(C)c1ccccc1. The van der Waals surface area contributed by atoms with Crippen LogP contribution in [0.25, 0.3) is 11.0 Å². The summed E-state index contributed by atoms with van der Waals surface area (Å²) in [5.41, 5.74) is 4.52. The van der Waals surface area contributed by atoms with Gasteiger partial charge < -0.3 is 9.67 Å². The van der Waals surface area contributed by atoms with E-state index in [0.717, 1.165) is 23.3 Å². The Labute approximate surface area is 124 Å². The highest BCUT2D eigenvalue weighted by Crippen LogP contribution is 2.26. The summed E-state index contributed by atoms with van der Waals surface area (Å²) in [6, 6.07) is 16.8. The Morgan fingerprint density at radius 2 is 1.90 bits per heavy atom. The molecule has 0 aliphatic heterocycles. The maximum absolute atomic E-state index is 9.66. The first-order valence-corrected chi connectivity index (χ1v) is 7.40. The van der Waals surface area contributed by atoms with E-state index in [1.807, 2.05) is 18.2 Å². The molecule has 0 saturated heterocycles. The van der Waals surface area contributed by atoms with Crippen LogP contribution in [0.5, 0.6) is 0 Å². The van der Waals surface area contributed by atoms with Crippen molar-refractivity contribution in [2.45, 2.75) is 32.9 Å². The molecule has 3 aromatic rings. The minimum absolute atomic E-state index is 0.0483. The van der Waals surface area contributed by atoms with Gasteiger partial charge >= 0.3 is 0 Å². The second-order valence-corrected chi connectivity index (χ2v) is 5.32. The van der Waals surface area contributed by atoms with Crippen molar-refractivity contribution in [2.75, 3.05) is 0 Å². The van der Waals surface area contributed by atoms with Crippen molar-refractivity contribution in [3.05, 3.63) is 65.5 Å². The molecular weight excluding hydrogens is 260 g/mol. The van der Waals surface area contributed by atoms with E-state index < -0.39 is 0 Å². The van der Waals surface area contributed by atoms with Gasteiger partial charge in [-0.3, -0.25) is 0 Å². The number of aryl methyl sites for hydroxylation is 1. The van der Waals surface area contributed by atoms with E-state index >= 15 is 0 Å². The highest BCUT2D eigenvalue weighted by molar-refractivity contribution is 5.77. The molecule has 2 aromatic carbocycles. The van der Waals surface area contributed by atoms with Gasteiger partial charge in [-0.1, -0.05) is 43.3 Å². The minimum atomic E-state index is -0.0483. The molecule has 0 fully saturated rings. The predicted molar refractivity (Wildman–Crippen MR) is 85.3 cm³/mol. The fraction of sp³-hybridized carbons (Fsp3) is 0.278. The highest BCUT2D eigenvalue weighted by Gasteiger charge is 2.16. The normalized spacial score (nSPS) is 12.7. The summed E-state index contributed by atoms with van der Waals surface area (Å²) in [6.07, 6.45) is 0.992. The molecule has 0 spiro atoms. The summed E-state index contributed by atoms with van der Waals surface area (Å²) in [5.74, 6) is 0.717. The Morgan fingerprint density at radius 1 is 1.14 bits per heavy atom. The molecule has 1 unspecified atom stereocenters. The maximum Gasteiger partial charge on any atom is 0.136 e. The Morgan fingerprint density at radius 3 is 2.57 bits per heavy atom. The van der Waals surface area contributed by atoms with Crippen LogP contribution >= 0.6 is 0 Å². The lowest BCUT2D eigenvalue weighted by Gasteiger charge is -2.17. The predicted octanol–water partition coefficient (Wildman–Crippen LogP) is 3.70. The molecule has 21 heavy (non-hydrogen) atoms. The van der Waals surface area contributed by atoms with E-state index in [9.17, 15) is 5.11 Å². The van der Waals surface area contributed by atoms with Gasteiger partial charge in [0.2, 0.25) is 0 Å². The molecule has 3 nitrogen and oxygen atoms in total. The average molecular weight is 280 g/mol. The molecule has 0 bridgehead atoms. The molecule has 1 aromatic heterocycles. The first-order valence-electron chi connectivity index (χ1n) is 7.40. The third-order valence-corrected chi connectivity index (χ3v) is 4.05. The van der Waals surface area contributed by atoms with Crippen molar-refractivity contribution in [3.8, 4) is 0 Å². The highest BCUT2D eigenvalue weighted by atomic mass is 16.3. The van der Waals surface area contributed by atoms with Crippen LogP contribution in [0, 0.1) is 0 Å². The third-order valence-electron chi connectivity index (χ3n) is 4.05. The largest absolute Gasteiger partial charge is 0.388 e. The van der Waals surface area contributed by atoms with Crippen LogP contribution in [0.15, 0.2) is 48.5 Å². The van der Waals surface area contributed by atoms with Gasteiger partial charge in [-0.15, -0.1) is 0 Å². The van der Waals surface area contributed by atoms with E-state index in [1.165, 1.54) is 11.1 Å². The Balaban J connectivity index is 2.16. The number of nitrogens with zero attached hydrogens (tertiary/aromatic N) is 2. The zero-order valence-electron chi connectivity index (χ0n) is 12.5. The lowest BCUT2D eigenvalue weighted by Crippen LogP contribution is -2.10. The molecule has 3 heteroatoms. The monoisotopic (exact) mass is 280 g/mol. The van der Waals surface area contributed by atoms with Crippen molar-refractivity contribution in [3.63, 3.8) is 0 Å². The molecular formula is C18H20N2O. The van der Waals surface area contributed by atoms with Gasteiger partial charge in [0.05, 0.1) is 17.1 Å². The molecule has 0 saturated carbocycles. The molecule has 1 atom stereocenters. The Hall–Kier alpha value is -2.13. The third kappa shape index (κ3) is 2.45. The first kappa shape index (κ1) is 13.8. The Kier molecular flexibility index (Phi) is 3.76. The molecule has 0 radical (unpaired) electrons. The number of aromatic nitrogens is 2. The number of fused-ring (bicyclic) bond motifs is 1. The van der Waals surface area contributed by atoms with E-state index in [-0.39, 0.29) is 12.6 Å². The van der Waals surface area contributed by atoms with Crippen LogP contribution < -0.4 is 0 Å². The van der Waals surface area contributed by atoms with Gasteiger partial charge in [0, 0.05) is 0 Å². The van der Waals surface area contributed by atoms with Crippen molar-refractivity contribution in [2.24, 2.45) is 0 Å². The van der Waals surface area contributed by atoms with E-state index in [0.29, 0.717) is 0 Å². The number of aliphatic hydroxyl groups excluding tert-OH is 1. The van der Waals surface area contributed by atoms with Crippen molar-refractivity contribution < 1.29 is 5.11 Å². The second kappa shape index (κ2) is 5.70. The number of aliphatic hydroxyl groups is 1. The topological polar surface area (TPSA) is 38.1 Å². The molecule has 1 heterocycles. The van der Waals surface area contributed by atoms with Crippen LogP contribution in [-0.4, -0.2) is 14.7 Å². The lowest BCUT2D eigenvalue weighted by molar-refractivity contribution is 0.264. The van der Waals surface area contributed by atoms with Crippen LogP contribution in [0.3, 0.4) is 0 Å². The van der Waals surface area contributed by atoms with E-state index in [2.05, 4.69) is 53.7 Å². The first-order chi connectivity index (χ1) is 10.2. The zero-order valence-corrected chi connectivity index (χ0v) is 12.5. The van der Waals surface area contributed by atoms with Crippen LogP contribution in [0.1, 0.15) is 36.8 Å². The van der Waals surface area contributed by atoms with Crippen molar-refractivity contribution in [1.82, 2.24) is 9.55 Å². The number of imidazole rings is 1. The summed E-state index contributed by atoms with van der Waals surface area (Å²) in [5, 5.41) is 9.66. The number of hydrogen-bond donors (Lipinski definition) is 1. The fourth-order valence-corrected chi connectivity index (χ4v) is 2.84. The minimum Gasteiger partial charge on any atom is -0.388 e. The Bertz CT molecular complexity index is 747. The number of hydrogen-bond acceptors (Lipinski definition) is 2. The molecule has 108 valence electrons. The van der Waals surface area contributed by atoms with Crippen molar-refractivity contribution in [1.29, 1.82) is 0 Å². The quantitative estimate of drug-likeness (QED) is 0.791. The standard InChI is InChI=1S/C18H20N2O/c1-3-14-9-10-17-16(11-14)19-18(12-21)20(17)13(2)15-7-5-4-6-8-15/h4-11,13,21H,3,12H2,1-2H3. The molecule has 1 N–H and O–H groups in total. The van der Waals surface area contributed by atoms with Gasteiger partial charge in [-0.25, -0.2) is 4.98 Å². The van der Waals surface area contributed by atoms with E-state index in [4.69, 9.17) is 0 Å². The van der Waals surface area contributed by atoms with E-state index in [1.54, 1.807) is 0 Å². The summed E-state index contributed by atoms with van der Waals surface area (Å²) >= 11 is 0.